The van der Waals surface area contributed by atoms with Crippen LogP contribution < -0.4 is 10.6 Å². The summed E-state index contributed by atoms with van der Waals surface area (Å²) in [5.74, 6) is 0.755. The Morgan fingerprint density at radius 1 is 1.41 bits per heavy atom. The Morgan fingerprint density at radius 2 is 2.18 bits per heavy atom. The van der Waals surface area contributed by atoms with Crippen LogP contribution in [0.4, 0.5) is 5.69 Å². The highest BCUT2D eigenvalue weighted by Crippen LogP contribution is 2.21. The van der Waals surface area contributed by atoms with E-state index in [0.29, 0.717) is 5.56 Å². The molecular formula is C13H16BrN3. The van der Waals surface area contributed by atoms with Crippen molar-refractivity contribution in [1.29, 1.82) is 5.26 Å². The van der Waals surface area contributed by atoms with E-state index in [9.17, 15) is 0 Å². The molecule has 1 aromatic rings. The first-order chi connectivity index (χ1) is 8.29. The SMILES string of the molecule is N#Cc1ccc(NCC2CCNCC2)cc1Br. The van der Waals surface area contributed by atoms with E-state index in [4.69, 9.17) is 5.26 Å². The summed E-state index contributed by atoms with van der Waals surface area (Å²) in [6.07, 6.45) is 2.48. The summed E-state index contributed by atoms with van der Waals surface area (Å²) in [4.78, 5) is 0. The van der Waals surface area contributed by atoms with Gasteiger partial charge in [0, 0.05) is 16.7 Å². The van der Waals surface area contributed by atoms with Crippen LogP contribution in [0.1, 0.15) is 18.4 Å². The average Bonchev–Trinajstić information content (AvgIpc) is 2.38. The fourth-order valence-corrected chi connectivity index (χ4v) is 2.53. The normalized spacial score (nSPS) is 16.5. The number of nitriles is 1. The largest absolute Gasteiger partial charge is 0.385 e. The Hall–Kier alpha value is -1.05. The van der Waals surface area contributed by atoms with Gasteiger partial charge in [-0.15, -0.1) is 0 Å². The van der Waals surface area contributed by atoms with Crippen LogP contribution in [-0.2, 0) is 0 Å². The highest BCUT2D eigenvalue weighted by molar-refractivity contribution is 9.10. The van der Waals surface area contributed by atoms with Crippen molar-refractivity contribution in [2.24, 2.45) is 5.92 Å². The van der Waals surface area contributed by atoms with E-state index in [0.717, 1.165) is 35.7 Å². The van der Waals surface area contributed by atoms with Crippen molar-refractivity contribution in [2.45, 2.75) is 12.8 Å². The summed E-state index contributed by atoms with van der Waals surface area (Å²) in [6.45, 7) is 3.27. The zero-order valence-corrected chi connectivity index (χ0v) is 11.3. The molecule has 0 aliphatic carbocycles. The zero-order chi connectivity index (χ0) is 12.1. The van der Waals surface area contributed by atoms with Gasteiger partial charge in [0.15, 0.2) is 0 Å². The van der Waals surface area contributed by atoms with Crippen LogP contribution in [0.5, 0.6) is 0 Å². The summed E-state index contributed by atoms with van der Waals surface area (Å²) in [6, 6.07) is 7.92. The van der Waals surface area contributed by atoms with Gasteiger partial charge in [0.2, 0.25) is 0 Å². The molecule has 2 rings (SSSR count). The molecule has 0 amide bonds. The molecule has 1 heterocycles. The Balaban J connectivity index is 1.90. The highest BCUT2D eigenvalue weighted by atomic mass is 79.9. The van der Waals surface area contributed by atoms with Crippen LogP contribution in [0, 0.1) is 17.2 Å². The molecule has 0 bridgehead atoms. The van der Waals surface area contributed by atoms with Crippen molar-refractivity contribution >= 4 is 21.6 Å². The number of hydrogen-bond acceptors (Lipinski definition) is 3. The first kappa shape index (κ1) is 12.4. The monoisotopic (exact) mass is 293 g/mol. The molecule has 1 saturated heterocycles. The number of nitrogens with zero attached hydrogens (tertiary/aromatic N) is 1. The molecule has 0 aromatic heterocycles. The molecule has 0 saturated carbocycles. The first-order valence-electron chi connectivity index (χ1n) is 5.94. The van der Waals surface area contributed by atoms with E-state index >= 15 is 0 Å². The van der Waals surface area contributed by atoms with Gasteiger partial charge in [0.1, 0.15) is 6.07 Å². The first-order valence-corrected chi connectivity index (χ1v) is 6.73. The molecule has 90 valence electrons. The second-order valence-corrected chi connectivity index (χ2v) is 5.24. The zero-order valence-electron chi connectivity index (χ0n) is 9.67. The fourth-order valence-electron chi connectivity index (χ4n) is 2.06. The van der Waals surface area contributed by atoms with Crippen LogP contribution in [0.25, 0.3) is 0 Å². The Morgan fingerprint density at radius 3 is 2.82 bits per heavy atom. The van der Waals surface area contributed by atoms with Crippen molar-refractivity contribution in [3.05, 3.63) is 28.2 Å². The lowest BCUT2D eigenvalue weighted by Crippen LogP contribution is -2.31. The maximum Gasteiger partial charge on any atom is 0.100 e. The van der Waals surface area contributed by atoms with Gasteiger partial charge >= 0.3 is 0 Å². The molecule has 1 aliphatic heterocycles. The lowest BCUT2D eigenvalue weighted by atomic mass is 9.98. The van der Waals surface area contributed by atoms with Gasteiger partial charge in [0.05, 0.1) is 5.56 Å². The van der Waals surface area contributed by atoms with E-state index < -0.39 is 0 Å². The maximum atomic E-state index is 8.84. The third-order valence-electron chi connectivity index (χ3n) is 3.14. The summed E-state index contributed by atoms with van der Waals surface area (Å²) >= 11 is 3.40. The van der Waals surface area contributed by atoms with Crippen LogP contribution in [0.15, 0.2) is 22.7 Å². The predicted octanol–water partition coefficient (Wildman–Crippen LogP) is 2.73. The third kappa shape index (κ3) is 3.45. The van der Waals surface area contributed by atoms with E-state index in [1.807, 2.05) is 18.2 Å². The molecule has 0 atom stereocenters. The fraction of sp³-hybridized carbons (Fsp3) is 0.462. The standard InChI is InChI=1S/C13H16BrN3/c14-13-7-12(2-1-11(13)8-15)17-9-10-3-5-16-6-4-10/h1-2,7,10,16-17H,3-6,9H2. The highest BCUT2D eigenvalue weighted by Gasteiger charge is 2.12. The van der Waals surface area contributed by atoms with Gasteiger partial charge in [-0.2, -0.15) is 5.26 Å². The minimum atomic E-state index is 0.678. The average molecular weight is 294 g/mol. The van der Waals surface area contributed by atoms with Crippen molar-refractivity contribution in [3.63, 3.8) is 0 Å². The molecule has 17 heavy (non-hydrogen) atoms. The van der Waals surface area contributed by atoms with E-state index in [2.05, 4.69) is 32.6 Å². The smallest absolute Gasteiger partial charge is 0.100 e. The molecular weight excluding hydrogens is 278 g/mol. The predicted molar refractivity (Wildman–Crippen MR) is 72.9 cm³/mol. The Bertz CT molecular complexity index is 419. The molecule has 3 nitrogen and oxygen atoms in total. The number of piperidine rings is 1. The lowest BCUT2D eigenvalue weighted by Gasteiger charge is -2.23. The molecule has 1 aliphatic rings. The summed E-state index contributed by atoms with van der Waals surface area (Å²) in [7, 11) is 0. The maximum absolute atomic E-state index is 8.84. The van der Waals surface area contributed by atoms with Crippen molar-refractivity contribution in [1.82, 2.24) is 5.32 Å². The summed E-state index contributed by atoms with van der Waals surface area (Å²) < 4.78 is 0.857. The Labute approximate surface area is 110 Å². The second-order valence-electron chi connectivity index (χ2n) is 4.38. The van der Waals surface area contributed by atoms with Gasteiger partial charge in [0.25, 0.3) is 0 Å². The molecule has 1 fully saturated rings. The number of anilines is 1. The van der Waals surface area contributed by atoms with Crippen LogP contribution in [0.3, 0.4) is 0 Å². The molecule has 1 aromatic carbocycles. The van der Waals surface area contributed by atoms with E-state index in [1.165, 1.54) is 12.8 Å². The summed E-state index contributed by atoms with van der Waals surface area (Å²) in [5, 5.41) is 15.6. The molecule has 2 N–H and O–H groups in total. The van der Waals surface area contributed by atoms with Crippen LogP contribution in [0.2, 0.25) is 0 Å². The minimum absolute atomic E-state index is 0.678. The van der Waals surface area contributed by atoms with Crippen molar-refractivity contribution in [2.75, 3.05) is 25.0 Å². The summed E-state index contributed by atoms with van der Waals surface area (Å²) in [5.41, 5.74) is 1.76. The number of rotatable bonds is 3. The molecule has 0 unspecified atom stereocenters. The topological polar surface area (TPSA) is 47.9 Å². The third-order valence-corrected chi connectivity index (χ3v) is 3.80. The van der Waals surface area contributed by atoms with Crippen LogP contribution >= 0.6 is 15.9 Å². The molecule has 0 spiro atoms. The lowest BCUT2D eigenvalue weighted by molar-refractivity contribution is 0.390. The van der Waals surface area contributed by atoms with Gasteiger partial charge in [-0.05, 0) is 66.0 Å². The van der Waals surface area contributed by atoms with Gasteiger partial charge < -0.3 is 10.6 Å². The second kappa shape index (κ2) is 6.04. The molecule has 4 heteroatoms. The van der Waals surface area contributed by atoms with Gasteiger partial charge in [-0.3, -0.25) is 0 Å². The van der Waals surface area contributed by atoms with Crippen LogP contribution in [-0.4, -0.2) is 19.6 Å². The van der Waals surface area contributed by atoms with Gasteiger partial charge in [-0.1, -0.05) is 0 Å². The van der Waals surface area contributed by atoms with E-state index in [1.54, 1.807) is 0 Å². The van der Waals surface area contributed by atoms with Crippen molar-refractivity contribution < 1.29 is 0 Å². The number of benzene rings is 1. The van der Waals surface area contributed by atoms with Gasteiger partial charge in [-0.25, -0.2) is 0 Å². The molecule has 0 radical (unpaired) electrons. The number of hydrogen-bond donors (Lipinski definition) is 2. The minimum Gasteiger partial charge on any atom is -0.385 e. The van der Waals surface area contributed by atoms with Crippen molar-refractivity contribution in [3.8, 4) is 6.07 Å². The van der Waals surface area contributed by atoms with E-state index in [-0.39, 0.29) is 0 Å². The Kier molecular flexibility index (Phi) is 4.41. The number of halogens is 1. The quantitative estimate of drug-likeness (QED) is 0.901. The number of nitrogens with one attached hydrogen (secondary N) is 2.